The van der Waals surface area contributed by atoms with Crippen molar-refractivity contribution in [3.8, 4) is 0 Å². The molecule has 2 rings (SSSR count). The summed E-state index contributed by atoms with van der Waals surface area (Å²) in [6.45, 7) is 9.18. The van der Waals surface area contributed by atoms with Crippen molar-refractivity contribution in [3.63, 3.8) is 0 Å². The van der Waals surface area contributed by atoms with E-state index in [-0.39, 0.29) is 10.8 Å². The minimum Gasteiger partial charge on any atom is -0.322 e. The second-order valence-electron chi connectivity index (χ2n) is 6.15. The quantitative estimate of drug-likeness (QED) is 0.914. The molecule has 22 heavy (non-hydrogen) atoms. The summed E-state index contributed by atoms with van der Waals surface area (Å²) in [4.78, 5) is 20.0. The number of nitrogens with one attached hydrogen (secondary N) is 1. The number of hydrogen-bond donors (Lipinski definition) is 1. The highest BCUT2D eigenvalue weighted by atomic mass is 32.2. The summed E-state index contributed by atoms with van der Waals surface area (Å²) in [6.07, 6.45) is 2.94. The van der Waals surface area contributed by atoms with Crippen LogP contribution in [0.2, 0.25) is 0 Å². The van der Waals surface area contributed by atoms with Crippen molar-refractivity contribution >= 4 is 33.3 Å². The van der Waals surface area contributed by atoms with E-state index in [0.717, 1.165) is 25.0 Å². The number of thiazole rings is 1. The Hall–Kier alpha value is -0.950. The van der Waals surface area contributed by atoms with Crippen LogP contribution in [0.25, 0.3) is 0 Å². The number of anilines is 1. The smallest absolute Gasteiger partial charge is 0.322 e. The van der Waals surface area contributed by atoms with Crippen molar-refractivity contribution in [3.05, 3.63) is 10.6 Å². The standard InChI is InChI=1S/C15H25N3O2S2/c1-5-7-11-12(6-2)21-13(16-11)17-14(19)18-8-9-22(20)15(3,4)10-18/h5-10H2,1-4H3,(H,16,17,19)/t22-/m0/s1. The number of carbonyl (C=O) groups is 1. The average molecular weight is 344 g/mol. The second kappa shape index (κ2) is 7.08. The minimum atomic E-state index is -0.873. The van der Waals surface area contributed by atoms with Crippen LogP contribution in [0.1, 0.15) is 44.7 Å². The van der Waals surface area contributed by atoms with Gasteiger partial charge in [-0.25, -0.2) is 9.78 Å². The average Bonchev–Trinajstić information content (AvgIpc) is 2.84. The van der Waals surface area contributed by atoms with Gasteiger partial charge in [0.15, 0.2) is 5.13 Å². The molecule has 1 aromatic heterocycles. The van der Waals surface area contributed by atoms with Gasteiger partial charge in [-0.2, -0.15) is 0 Å². The maximum absolute atomic E-state index is 12.4. The molecule has 0 unspecified atom stereocenters. The summed E-state index contributed by atoms with van der Waals surface area (Å²) in [6, 6.07) is -0.135. The van der Waals surface area contributed by atoms with Crippen LogP contribution in [-0.2, 0) is 23.6 Å². The third-order valence-electron chi connectivity index (χ3n) is 3.82. The lowest BCUT2D eigenvalue weighted by Crippen LogP contribution is -2.53. The third-order valence-corrected chi connectivity index (χ3v) is 6.89. The molecule has 0 spiro atoms. The van der Waals surface area contributed by atoms with Gasteiger partial charge in [0.25, 0.3) is 0 Å². The van der Waals surface area contributed by atoms with Gasteiger partial charge < -0.3 is 4.90 Å². The normalized spacial score (nSPS) is 20.9. The molecule has 1 N–H and O–H groups in total. The van der Waals surface area contributed by atoms with Crippen LogP contribution >= 0.6 is 11.3 Å². The second-order valence-corrected chi connectivity index (χ2v) is 9.44. The number of urea groups is 1. The number of carbonyl (C=O) groups excluding carboxylic acids is 1. The van der Waals surface area contributed by atoms with E-state index in [1.54, 1.807) is 16.2 Å². The molecule has 0 aliphatic carbocycles. The summed E-state index contributed by atoms with van der Waals surface area (Å²) in [5.74, 6) is 0.541. The van der Waals surface area contributed by atoms with E-state index in [9.17, 15) is 9.00 Å². The van der Waals surface area contributed by atoms with Gasteiger partial charge in [0.2, 0.25) is 0 Å². The lowest BCUT2D eigenvalue weighted by molar-refractivity contribution is 0.207. The molecule has 0 aromatic carbocycles. The molecule has 1 aromatic rings. The molecule has 0 radical (unpaired) electrons. The van der Waals surface area contributed by atoms with Crippen molar-refractivity contribution in [2.75, 3.05) is 24.2 Å². The molecule has 0 bridgehead atoms. The molecule has 7 heteroatoms. The summed E-state index contributed by atoms with van der Waals surface area (Å²) in [5.41, 5.74) is 1.10. The Kier molecular flexibility index (Phi) is 5.60. The maximum Gasteiger partial charge on any atom is 0.323 e. The predicted octanol–water partition coefficient (Wildman–Crippen LogP) is 3.03. The zero-order valence-electron chi connectivity index (χ0n) is 13.8. The summed E-state index contributed by atoms with van der Waals surface area (Å²) in [5, 5.41) is 3.59. The van der Waals surface area contributed by atoms with E-state index >= 15 is 0 Å². The van der Waals surface area contributed by atoms with Crippen LogP contribution in [0.4, 0.5) is 9.93 Å². The van der Waals surface area contributed by atoms with Crippen molar-refractivity contribution in [1.82, 2.24) is 9.88 Å². The number of aryl methyl sites for hydroxylation is 2. The fourth-order valence-electron chi connectivity index (χ4n) is 2.57. The fraction of sp³-hybridized carbons (Fsp3) is 0.733. The molecular formula is C15H25N3O2S2. The minimum absolute atomic E-state index is 0.135. The Labute approximate surface area is 139 Å². The number of aromatic nitrogens is 1. The molecule has 2 heterocycles. The molecular weight excluding hydrogens is 318 g/mol. The van der Waals surface area contributed by atoms with Crippen molar-refractivity contribution < 1.29 is 9.00 Å². The van der Waals surface area contributed by atoms with E-state index in [1.807, 2.05) is 13.8 Å². The number of rotatable bonds is 4. The van der Waals surface area contributed by atoms with E-state index in [1.165, 1.54) is 4.88 Å². The first-order valence-corrected chi connectivity index (χ1v) is 9.94. The summed E-state index contributed by atoms with van der Waals surface area (Å²) >= 11 is 1.56. The van der Waals surface area contributed by atoms with E-state index < -0.39 is 10.8 Å². The highest BCUT2D eigenvalue weighted by Gasteiger charge is 2.35. The molecule has 1 aliphatic heterocycles. The topological polar surface area (TPSA) is 62.3 Å². The van der Waals surface area contributed by atoms with Gasteiger partial charge in [0, 0.05) is 34.5 Å². The van der Waals surface area contributed by atoms with Gasteiger partial charge in [0.1, 0.15) is 0 Å². The molecule has 5 nitrogen and oxygen atoms in total. The Balaban J connectivity index is 2.04. The highest BCUT2D eigenvalue weighted by Crippen LogP contribution is 2.26. The van der Waals surface area contributed by atoms with Crippen molar-refractivity contribution in [2.45, 2.75) is 51.7 Å². The summed E-state index contributed by atoms with van der Waals surface area (Å²) < 4.78 is 11.6. The Morgan fingerprint density at radius 1 is 1.45 bits per heavy atom. The van der Waals surface area contributed by atoms with E-state index in [0.29, 0.717) is 24.0 Å². The lowest BCUT2D eigenvalue weighted by Gasteiger charge is -2.36. The molecule has 1 saturated heterocycles. The third kappa shape index (κ3) is 3.87. The zero-order chi connectivity index (χ0) is 16.3. The molecule has 0 saturated carbocycles. The van der Waals surface area contributed by atoms with Gasteiger partial charge >= 0.3 is 6.03 Å². The van der Waals surface area contributed by atoms with Crippen LogP contribution in [0.5, 0.6) is 0 Å². The van der Waals surface area contributed by atoms with Crippen LogP contribution in [0.3, 0.4) is 0 Å². The van der Waals surface area contributed by atoms with Crippen LogP contribution < -0.4 is 5.32 Å². The summed E-state index contributed by atoms with van der Waals surface area (Å²) in [7, 11) is -0.873. The first-order valence-electron chi connectivity index (χ1n) is 7.80. The Morgan fingerprint density at radius 2 is 2.18 bits per heavy atom. The van der Waals surface area contributed by atoms with Crippen LogP contribution in [0.15, 0.2) is 0 Å². The van der Waals surface area contributed by atoms with Gasteiger partial charge in [-0.15, -0.1) is 11.3 Å². The van der Waals surface area contributed by atoms with Crippen LogP contribution in [-0.4, -0.2) is 43.7 Å². The lowest BCUT2D eigenvalue weighted by atomic mass is 10.2. The number of amides is 2. The molecule has 1 aliphatic rings. The van der Waals surface area contributed by atoms with Gasteiger partial charge in [-0.3, -0.25) is 9.53 Å². The Morgan fingerprint density at radius 3 is 2.77 bits per heavy atom. The first-order chi connectivity index (χ1) is 10.4. The monoisotopic (exact) mass is 343 g/mol. The predicted molar refractivity (Wildman–Crippen MR) is 93.2 cm³/mol. The number of nitrogens with zero attached hydrogens (tertiary/aromatic N) is 2. The molecule has 1 atom stereocenters. The maximum atomic E-state index is 12.4. The van der Waals surface area contributed by atoms with Gasteiger partial charge in [-0.05, 0) is 26.7 Å². The first kappa shape index (κ1) is 17.4. The van der Waals surface area contributed by atoms with Crippen molar-refractivity contribution in [1.29, 1.82) is 0 Å². The molecule has 124 valence electrons. The fourth-order valence-corrected chi connectivity index (χ4v) is 4.75. The highest BCUT2D eigenvalue weighted by molar-refractivity contribution is 7.86. The number of hydrogen-bond acceptors (Lipinski definition) is 4. The SMILES string of the molecule is CCCc1nc(NC(=O)N2CC[S@](=O)C(C)(C)C2)sc1CC. The van der Waals surface area contributed by atoms with Gasteiger partial charge in [0.05, 0.1) is 10.4 Å². The van der Waals surface area contributed by atoms with E-state index in [2.05, 4.69) is 24.1 Å². The van der Waals surface area contributed by atoms with Crippen molar-refractivity contribution in [2.24, 2.45) is 0 Å². The molecule has 1 fully saturated rings. The van der Waals surface area contributed by atoms with Crippen LogP contribution in [0, 0.1) is 0 Å². The van der Waals surface area contributed by atoms with Gasteiger partial charge in [-0.1, -0.05) is 20.3 Å². The largest absolute Gasteiger partial charge is 0.323 e. The van der Waals surface area contributed by atoms with E-state index in [4.69, 9.17) is 0 Å². The zero-order valence-corrected chi connectivity index (χ0v) is 15.4. The Bertz CT molecular complexity index is 569. The molecule has 2 amide bonds.